The van der Waals surface area contributed by atoms with E-state index in [2.05, 4.69) is 0 Å². The summed E-state index contributed by atoms with van der Waals surface area (Å²) in [7, 11) is 0. The zero-order chi connectivity index (χ0) is 11.4. The number of carbonyl (C=O) groups is 1. The van der Waals surface area contributed by atoms with Crippen molar-refractivity contribution in [2.75, 3.05) is 13.4 Å². The van der Waals surface area contributed by atoms with Crippen molar-refractivity contribution in [3.63, 3.8) is 0 Å². The Kier molecular flexibility index (Phi) is 3.57. The minimum atomic E-state index is 0.248. The fraction of sp³-hybridized carbons (Fsp3) is 0.462. The maximum absolute atomic E-state index is 11.6. The van der Waals surface area contributed by atoms with Crippen molar-refractivity contribution in [1.82, 2.24) is 0 Å². The highest BCUT2D eigenvalue weighted by molar-refractivity contribution is 5.98. The summed E-state index contributed by atoms with van der Waals surface area (Å²) in [5, 5.41) is 0. The molecule has 2 rings (SSSR count). The largest absolute Gasteiger partial charge is 0.468 e. The van der Waals surface area contributed by atoms with Crippen LogP contribution in [0.4, 0.5) is 0 Å². The lowest BCUT2D eigenvalue weighted by atomic mass is 9.91. The fourth-order valence-electron chi connectivity index (χ4n) is 1.91. The average molecular weight is 220 g/mol. The van der Waals surface area contributed by atoms with Gasteiger partial charge in [-0.15, -0.1) is 0 Å². The van der Waals surface area contributed by atoms with Crippen LogP contribution in [0.25, 0.3) is 0 Å². The molecule has 0 atom stereocenters. The van der Waals surface area contributed by atoms with Crippen molar-refractivity contribution < 1.29 is 14.3 Å². The van der Waals surface area contributed by atoms with Gasteiger partial charge in [-0.3, -0.25) is 4.79 Å². The summed E-state index contributed by atoms with van der Waals surface area (Å²) in [6.07, 6.45) is 2.58. The fourth-order valence-corrected chi connectivity index (χ4v) is 1.91. The normalized spacial score (nSPS) is 14.7. The third-order valence-electron chi connectivity index (χ3n) is 2.74. The molecule has 3 nitrogen and oxygen atoms in total. The van der Waals surface area contributed by atoms with Gasteiger partial charge in [0.2, 0.25) is 0 Å². The highest BCUT2D eigenvalue weighted by atomic mass is 16.7. The molecule has 1 aliphatic carbocycles. The summed E-state index contributed by atoms with van der Waals surface area (Å²) >= 11 is 0. The van der Waals surface area contributed by atoms with Crippen LogP contribution in [-0.2, 0) is 11.2 Å². The number of rotatable bonds is 4. The zero-order valence-corrected chi connectivity index (χ0v) is 9.49. The van der Waals surface area contributed by atoms with Crippen LogP contribution in [0.2, 0.25) is 0 Å². The Bertz CT molecular complexity index is 385. The number of fused-ring (bicyclic) bond motifs is 1. The second-order valence-electron chi connectivity index (χ2n) is 3.85. The molecular weight excluding hydrogens is 204 g/mol. The van der Waals surface area contributed by atoms with Gasteiger partial charge in [0, 0.05) is 18.6 Å². The Morgan fingerprint density at radius 1 is 1.31 bits per heavy atom. The summed E-state index contributed by atoms with van der Waals surface area (Å²) in [5.41, 5.74) is 1.96. The topological polar surface area (TPSA) is 35.5 Å². The molecule has 86 valence electrons. The molecule has 1 aromatic rings. The number of ether oxygens (including phenoxy) is 2. The van der Waals surface area contributed by atoms with Crippen LogP contribution >= 0.6 is 0 Å². The Morgan fingerprint density at radius 2 is 2.19 bits per heavy atom. The van der Waals surface area contributed by atoms with Gasteiger partial charge in [0.25, 0.3) is 0 Å². The highest BCUT2D eigenvalue weighted by Crippen LogP contribution is 2.25. The highest BCUT2D eigenvalue weighted by Gasteiger charge is 2.17. The number of hydrogen-bond donors (Lipinski definition) is 0. The summed E-state index contributed by atoms with van der Waals surface area (Å²) in [5.74, 6) is 1.03. The summed E-state index contributed by atoms with van der Waals surface area (Å²) < 4.78 is 10.5. The van der Waals surface area contributed by atoms with Crippen LogP contribution in [0.1, 0.15) is 35.7 Å². The summed E-state index contributed by atoms with van der Waals surface area (Å²) in [4.78, 5) is 11.6. The van der Waals surface area contributed by atoms with Gasteiger partial charge in [0.05, 0.1) is 0 Å². The Morgan fingerprint density at radius 3 is 3.00 bits per heavy atom. The summed E-state index contributed by atoms with van der Waals surface area (Å²) in [6, 6.07) is 5.64. The maximum Gasteiger partial charge on any atom is 0.189 e. The molecule has 0 N–H and O–H groups in total. The molecule has 0 fully saturated rings. The van der Waals surface area contributed by atoms with E-state index in [1.54, 1.807) is 0 Å². The van der Waals surface area contributed by atoms with Gasteiger partial charge >= 0.3 is 0 Å². The Hall–Kier alpha value is -1.35. The van der Waals surface area contributed by atoms with E-state index in [1.165, 1.54) is 0 Å². The molecule has 0 radical (unpaired) electrons. The molecule has 0 bridgehead atoms. The molecule has 0 unspecified atom stereocenters. The predicted octanol–water partition coefficient (Wildman–Crippen LogP) is 2.58. The number of benzene rings is 1. The van der Waals surface area contributed by atoms with Crippen molar-refractivity contribution in [2.24, 2.45) is 0 Å². The van der Waals surface area contributed by atoms with E-state index >= 15 is 0 Å². The number of aryl methyl sites for hydroxylation is 1. The van der Waals surface area contributed by atoms with Crippen molar-refractivity contribution >= 4 is 5.78 Å². The molecule has 1 aromatic carbocycles. The van der Waals surface area contributed by atoms with Gasteiger partial charge in [-0.25, -0.2) is 0 Å². The van der Waals surface area contributed by atoms with Crippen LogP contribution in [0, 0.1) is 0 Å². The molecule has 0 spiro atoms. The quantitative estimate of drug-likeness (QED) is 0.578. The minimum Gasteiger partial charge on any atom is -0.468 e. The lowest BCUT2D eigenvalue weighted by molar-refractivity contribution is 0.0223. The number of Topliss-reactive ketones (excluding diaryl/α,β-unsaturated/α-hetero) is 1. The first-order valence-corrected chi connectivity index (χ1v) is 5.68. The average Bonchev–Trinajstić information content (AvgIpc) is 2.30. The van der Waals surface area contributed by atoms with Gasteiger partial charge in [-0.2, -0.15) is 0 Å². The molecular formula is C13H16O3. The van der Waals surface area contributed by atoms with Crippen LogP contribution in [-0.4, -0.2) is 19.2 Å². The van der Waals surface area contributed by atoms with Crippen molar-refractivity contribution in [2.45, 2.75) is 26.2 Å². The SMILES string of the molecule is CCOCOc1ccc2c(c1)CCCC2=O. The molecule has 3 heteroatoms. The first-order valence-electron chi connectivity index (χ1n) is 5.68. The Labute approximate surface area is 95.4 Å². The number of carbonyl (C=O) groups excluding carboxylic acids is 1. The third-order valence-corrected chi connectivity index (χ3v) is 2.74. The smallest absolute Gasteiger partial charge is 0.189 e. The zero-order valence-electron chi connectivity index (χ0n) is 9.49. The van der Waals surface area contributed by atoms with Crippen LogP contribution in [0.15, 0.2) is 18.2 Å². The molecule has 0 heterocycles. The second kappa shape index (κ2) is 5.12. The first kappa shape index (κ1) is 11.1. The predicted molar refractivity (Wildman–Crippen MR) is 60.8 cm³/mol. The molecule has 0 saturated heterocycles. The molecule has 1 aliphatic rings. The standard InChI is InChI=1S/C13H16O3/c1-2-15-9-16-11-6-7-12-10(8-11)4-3-5-13(12)14/h6-8H,2-5,9H2,1H3. The monoisotopic (exact) mass is 220 g/mol. The molecule has 0 aromatic heterocycles. The van der Waals surface area contributed by atoms with Gasteiger partial charge in [0.1, 0.15) is 5.75 Å². The number of hydrogen-bond acceptors (Lipinski definition) is 3. The van der Waals surface area contributed by atoms with E-state index in [9.17, 15) is 4.79 Å². The van der Waals surface area contributed by atoms with Crippen LogP contribution < -0.4 is 4.74 Å². The van der Waals surface area contributed by atoms with Crippen LogP contribution in [0.5, 0.6) is 5.75 Å². The second-order valence-corrected chi connectivity index (χ2v) is 3.85. The van der Waals surface area contributed by atoms with Gasteiger partial charge in [-0.1, -0.05) is 0 Å². The van der Waals surface area contributed by atoms with Crippen molar-refractivity contribution in [3.8, 4) is 5.75 Å². The van der Waals surface area contributed by atoms with E-state index in [0.29, 0.717) is 13.0 Å². The maximum atomic E-state index is 11.6. The lowest BCUT2D eigenvalue weighted by Crippen LogP contribution is -2.11. The molecule has 0 amide bonds. The number of ketones is 1. The van der Waals surface area contributed by atoms with E-state index < -0.39 is 0 Å². The summed E-state index contributed by atoms with van der Waals surface area (Å²) in [6.45, 7) is 2.83. The van der Waals surface area contributed by atoms with Crippen molar-refractivity contribution in [3.05, 3.63) is 29.3 Å². The van der Waals surface area contributed by atoms with E-state index in [0.717, 1.165) is 29.7 Å². The molecule has 0 aliphatic heterocycles. The van der Waals surface area contributed by atoms with Gasteiger partial charge in [-0.05, 0) is 43.5 Å². The molecule has 0 saturated carbocycles. The Balaban J connectivity index is 2.09. The third kappa shape index (κ3) is 2.42. The van der Waals surface area contributed by atoms with E-state index in [4.69, 9.17) is 9.47 Å². The van der Waals surface area contributed by atoms with Crippen LogP contribution in [0.3, 0.4) is 0 Å². The first-order chi connectivity index (χ1) is 7.81. The van der Waals surface area contributed by atoms with Crippen molar-refractivity contribution in [1.29, 1.82) is 0 Å². The van der Waals surface area contributed by atoms with E-state index in [-0.39, 0.29) is 12.6 Å². The molecule has 16 heavy (non-hydrogen) atoms. The van der Waals surface area contributed by atoms with Gasteiger partial charge in [0.15, 0.2) is 12.6 Å². The van der Waals surface area contributed by atoms with E-state index in [1.807, 2.05) is 25.1 Å². The van der Waals surface area contributed by atoms with Gasteiger partial charge < -0.3 is 9.47 Å². The minimum absolute atomic E-state index is 0.248. The lowest BCUT2D eigenvalue weighted by Gasteiger charge is -2.15.